The number of morpholine rings is 1. The Balaban J connectivity index is 1.78. The van der Waals surface area contributed by atoms with E-state index in [1.54, 1.807) is 11.8 Å². The average molecular weight is 302 g/mol. The molecule has 1 aromatic rings. The Bertz CT molecular complexity index is 432. The number of nitrogens with two attached hydrogens (primary N) is 1. The van der Waals surface area contributed by atoms with Gasteiger partial charge in [0.15, 0.2) is 5.82 Å². The topological polar surface area (TPSA) is 80.5 Å². The Kier molecular flexibility index (Phi) is 5.29. The van der Waals surface area contributed by atoms with E-state index in [1.807, 2.05) is 11.2 Å². The van der Waals surface area contributed by atoms with Gasteiger partial charge in [0.25, 0.3) is 0 Å². The van der Waals surface area contributed by atoms with Crippen LogP contribution in [0.1, 0.15) is 6.42 Å². The summed E-state index contributed by atoms with van der Waals surface area (Å²) in [6, 6.07) is 0. The average Bonchev–Trinajstić information content (AvgIpc) is 2.80. The summed E-state index contributed by atoms with van der Waals surface area (Å²) in [7, 11) is 0. The van der Waals surface area contributed by atoms with Gasteiger partial charge < -0.3 is 20.7 Å². The van der Waals surface area contributed by atoms with E-state index in [-0.39, 0.29) is 5.91 Å². The second kappa shape index (κ2) is 6.97. The molecule has 0 aromatic carbocycles. The number of hydrogen-bond donors (Lipinski definition) is 2. The lowest BCUT2D eigenvalue weighted by molar-refractivity contribution is -0.134. The summed E-state index contributed by atoms with van der Waals surface area (Å²) >= 11 is 2.90. The number of carbonyl (C=O) groups excluding carboxylic acids is 1. The van der Waals surface area contributed by atoms with Crippen molar-refractivity contribution in [2.24, 2.45) is 0 Å². The van der Waals surface area contributed by atoms with Crippen LogP contribution < -0.4 is 11.1 Å². The van der Waals surface area contributed by atoms with Crippen LogP contribution in [0.3, 0.4) is 0 Å². The molecule has 0 atom stereocenters. The minimum Gasteiger partial charge on any atom is -0.382 e. The number of carbonyl (C=O) groups is 1. The van der Waals surface area contributed by atoms with Crippen molar-refractivity contribution in [1.29, 1.82) is 0 Å². The molecule has 1 aromatic heterocycles. The lowest BCUT2D eigenvalue weighted by atomic mass is 10.3. The number of anilines is 2. The van der Waals surface area contributed by atoms with Gasteiger partial charge in [0.1, 0.15) is 5.00 Å². The quantitative estimate of drug-likeness (QED) is 0.793. The van der Waals surface area contributed by atoms with Crippen LogP contribution >= 0.6 is 23.3 Å². The molecule has 8 heteroatoms. The first-order valence-electron chi connectivity index (χ1n) is 6.11. The molecule has 19 heavy (non-hydrogen) atoms. The molecule has 2 heterocycles. The van der Waals surface area contributed by atoms with E-state index in [0.29, 0.717) is 45.1 Å². The molecular formula is C11H18N4O2S2. The van der Waals surface area contributed by atoms with E-state index >= 15 is 0 Å². The highest BCUT2D eigenvalue weighted by Crippen LogP contribution is 2.34. The maximum Gasteiger partial charge on any atom is 0.224 e. The Hall–Kier alpha value is -0.990. The van der Waals surface area contributed by atoms with Crippen molar-refractivity contribution in [3.63, 3.8) is 0 Å². The van der Waals surface area contributed by atoms with Crippen LogP contribution in [0.4, 0.5) is 10.8 Å². The summed E-state index contributed by atoms with van der Waals surface area (Å²) in [6.45, 7) is 3.28. The zero-order valence-electron chi connectivity index (χ0n) is 10.8. The fourth-order valence-electron chi connectivity index (χ4n) is 1.86. The van der Waals surface area contributed by atoms with Crippen molar-refractivity contribution in [2.45, 2.75) is 11.3 Å². The van der Waals surface area contributed by atoms with E-state index in [9.17, 15) is 4.79 Å². The first-order valence-corrected chi connectivity index (χ1v) is 8.10. The molecular weight excluding hydrogens is 284 g/mol. The highest BCUT2D eigenvalue weighted by molar-refractivity contribution is 7.99. The van der Waals surface area contributed by atoms with Gasteiger partial charge in [0.2, 0.25) is 5.91 Å². The number of hydrogen-bond acceptors (Lipinski definition) is 7. The summed E-state index contributed by atoms with van der Waals surface area (Å²) in [5.74, 6) is 0.721. The maximum atomic E-state index is 11.9. The molecule has 0 radical (unpaired) electrons. The summed E-state index contributed by atoms with van der Waals surface area (Å²) in [4.78, 5) is 14.7. The SMILES string of the molecule is CSc1c(N)nsc1NCCC(=O)N1CCOCC1. The largest absolute Gasteiger partial charge is 0.382 e. The third-order valence-electron chi connectivity index (χ3n) is 2.87. The Morgan fingerprint density at radius 1 is 1.58 bits per heavy atom. The van der Waals surface area contributed by atoms with E-state index in [0.717, 1.165) is 9.90 Å². The molecule has 3 N–H and O–H groups in total. The van der Waals surface area contributed by atoms with Gasteiger partial charge in [-0.2, -0.15) is 4.37 Å². The van der Waals surface area contributed by atoms with Crippen molar-refractivity contribution in [3.05, 3.63) is 0 Å². The summed E-state index contributed by atoms with van der Waals surface area (Å²) in [5.41, 5.74) is 5.75. The monoisotopic (exact) mass is 302 g/mol. The summed E-state index contributed by atoms with van der Waals surface area (Å²) < 4.78 is 9.32. The smallest absolute Gasteiger partial charge is 0.224 e. The van der Waals surface area contributed by atoms with Gasteiger partial charge in [-0.25, -0.2) is 0 Å². The molecule has 1 amide bonds. The van der Waals surface area contributed by atoms with Gasteiger partial charge in [0, 0.05) is 26.1 Å². The van der Waals surface area contributed by atoms with Crippen LogP contribution in [-0.2, 0) is 9.53 Å². The minimum atomic E-state index is 0.166. The number of thioether (sulfide) groups is 1. The van der Waals surface area contributed by atoms with Gasteiger partial charge in [-0.1, -0.05) is 0 Å². The van der Waals surface area contributed by atoms with Crippen LogP contribution in [0, 0.1) is 0 Å². The van der Waals surface area contributed by atoms with E-state index in [1.165, 1.54) is 11.5 Å². The third-order valence-corrected chi connectivity index (χ3v) is 4.64. The van der Waals surface area contributed by atoms with Crippen LogP contribution in [-0.4, -0.2) is 54.3 Å². The highest BCUT2D eigenvalue weighted by Gasteiger charge is 2.16. The van der Waals surface area contributed by atoms with E-state index in [4.69, 9.17) is 10.5 Å². The summed E-state index contributed by atoms with van der Waals surface area (Å²) in [5, 5.41) is 4.18. The predicted octanol–water partition coefficient (Wildman–Crippen LogP) is 1.11. The van der Waals surface area contributed by atoms with Crippen molar-refractivity contribution in [3.8, 4) is 0 Å². The molecule has 0 spiro atoms. The van der Waals surface area contributed by atoms with Gasteiger partial charge in [-0.15, -0.1) is 11.8 Å². The Morgan fingerprint density at radius 2 is 2.32 bits per heavy atom. The van der Waals surface area contributed by atoms with Crippen LogP contribution in [0.25, 0.3) is 0 Å². The molecule has 0 unspecified atom stereocenters. The molecule has 0 aliphatic carbocycles. The molecule has 1 saturated heterocycles. The molecule has 6 nitrogen and oxygen atoms in total. The summed E-state index contributed by atoms with van der Waals surface area (Å²) in [6.07, 6.45) is 2.44. The van der Waals surface area contributed by atoms with Gasteiger partial charge in [-0.3, -0.25) is 4.79 Å². The van der Waals surface area contributed by atoms with E-state index in [2.05, 4.69) is 9.69 Å². The number of nitrogens with one attached hydrogen (secondary N) is 1. The van der Waals surface area contributed by atoms with E-state index < -0.39 is 0 Å². The lowest BCUT2D eigenvalue weighted by Crippen LogP contribution is -2.41. The van der Waals surface area contributed by atoms with Crippen LogP contribution in [0.2, 0.25) is 0 Å². The minimum absolute atomic E-state index is 0.166. The van der Waals surface area contributed by atoms with Gasteiger partial charge in [0.05, 0.1) is 18.1 Å². The Morgan fingerprint density at radius 3 is 3.00 bits per heavy atom. The van der Waals surface area contributed by atoms with Crippen molar-refractivity contribution in [2.75, 3.05) is 50.2 Å². The number of amides is 1. The van der Waals surface area contributed by atoms with Gasteiger partial charge in [-0.05, 0) is 17.8 Å². The lowest BCUT2D eigenvalue weighted by Gasteiger charge is -2.26. The van der Waals surface area contributed by atoms with Crippen molar-refractivity contribution >= 4 is 40.0 Å². The molecule has 0 saturated carbocycles. The second-order valence-corrected chi connectivity index (χ2v) is 5.69. The second-order valence-electron chi connectivity index (χ2n) is 4.10. The predicted molar refractivity (Wildman–Crippen MR) is 78.8 cm³/mol. The van der Waals surface area contributed by atoms with Crippen LogP contribution in [0.5, 0.6) is 0 Å². The fourth-order valence-corrected chi connectivity index (χ4v) is 3.42. The molecule has 2 rings (SSSR count). The van der Waals surface area contributed by atoms with Gasteiger partial charge >= 0.3 is 0 Å². The maximum absolute atomic E-state index is 11.9. The van der Waals surface area contributed by atoms with Crippen LogP contribution in [0.15, 0.2) is 4.90 Å². The molecule has 0 bridgehead atoms. The first-order chi connectivity index (χ1) is 9.22. The molecule has 1 aliphatic heterocycles. The van der Waals surface area contributed by atoms with Crippen molar-refractivity contribution in [1.82, 2.24) is 9.27 Å². The molecule has 106 valence electrons. The molecule has 1 fully saturated rings. The number of rotatable bonds is 5. The first kappa shape index (κ1) is 14.4. The number of ether oxygens (including phenoxy) is 1. The third kappa shape index (κ3) is 3.74. The zero-order chi connectivity index (χ0) is 13.7. The molecule has 1 aliphatic rings. The number of nitrogen functional groups attached to an aromatic ring is 1. The highest BCUT2D eigenvalue weighted by atomic mass is 32.2. The standard InChI is InChI=1S/C11H18N4O2S2/c1-18-9-10(12)14-19-11(9)13-3-2-8(16)15-4-6-17-7-5-15/h13H,2-7H2,1H3,(H2,12,14). The fraction of sp³-hybridized carbons (Fsp3) is 0.636. The zero-order valence-corrected chi connectivity index (χ0v) is 12.5. The Labute approximate surface area is 120 Å². The number of nitrogens with zero attached hydrogens (tertiary/aromatic N) is 2. The number of aromatic nitrogens is 1. The van der Waals surface area contributed by atoms with Crippen molar-refractivity contribution < 1.29 is 9.53 Å². The normalized spacial score (nSPS) is 15.5.